The molecule has 0 fully saturated rings. The molecule has 2 aromatic rings. The predicted octanol–water partition coefficient (Wildman–Crippen LogP) is 9.68. The van der Waals surface area contributed by atoms with Gasteiger partial charge in [0.05, 0.1) is 9.30 Å². The maximum Gasteiger partial charge on any atom is 0.0791 e. The molecule has 4 heteroatoms. The molecule has 2 aromatic heterocycles. The van der Waals surface area contributed by atoms with Gasteiger partial charge >= 0.3 is 0 Å². The number of aromatic nitrogens is 1. The van der Waals surface area contributed by atoms with Crippen LogP contribution in [0.5, 0.6) is 0 Å². The number of thiazole rings is 1. The van der Waals surface area contributed by atoms with E-state index in [1.54, 1.807) is 23.0 Å². The monoisotopic (exact) mass is 471 g/mol. The van der Waals surface area contributed by atoms with Crippen molar-refractivity contribution < 1.29 is 0 Å². The fourth-order valence-corrected chi connectivity index (χ4v) is 4.77. The van der Waals surface area contributed by atoms with Gasteiger partial charge in [-0.1, -0.05) is 90.4 Å². The average Bonchev–Trinajstić information content (AvgIpc) is 3.37. The van der Waals surface area contributed by atoms with E-state index in [0.29, 0.717) is 0 Å². The largest absolute Gasteiger partial charge is 0.253 e. The lowest BCUT2D eigenvalue weighted by Crippen LogP contribution is -1.85. The summed E-state index contributed by atoms with van der Waals surface area (Å²) in [5.41, 5.74) is 3.30. The lowest BCUT2D eigenvalue weighted by atomic mass is 10.0. The van der Waals surface area contributed by atoms with E-state index in [-0.39, 0.29) is 0 Å². The molecule has 0 aliphatic rings. The van der Waals surface area contributed by atoms with E-state index in [0.717, 1.165) is 0 Å². The molecule has 0 unspecified atom stereocenters. The molecule has 0 amide bonds. The fourth-order valence-electron chi connectivity index (χ4n) is 3.18. The topological polar surface area (TPSA) is 12.9 Å². The Labute approximate surface area is 184 Å². The van der Waals surface area contributed by atoms with Crippen LogP contribution in [-0.2, 0) is 6.42 Å². The Balaban J connectivity index is 0.000000625. The van der Waals surface area contributed by atoms with Crippen LogP contribution in [-0.4, -0.2) is 4.98 Å². The van der Waals surface area contributed by atoms with Gasteiger partial charge in [-0.3, -0.25) is 4.98 Å². The molecule has 0 aliphatic heterocycles. The van der Waals surface area contributed by atoms with Crippen molar-refractivity contribution in [2.45, 2.75) is 103 Å². The van der Waals surface area contributed by atoms with Crippen molar-refractivity contribution in [1.29, 1.82) is 0 Å². The fraction of sp³-hybridized carbons (Fsp3) is 0.696. The Morgan fingerprint density at radius 3 is 1.74 bits per heavy atom. The van der Waals surface area contributed by atoms with Crippen LogP contribution in [0, 0.1) is 0 Å². The van der Waals surface area contributed by atoms with E-state index in [2.05, 4.69) is 39.3 Å². The van der Waals surface area contributed by atoms with Crippen molar-refractivity contribution in [3.8, 4) is 0 Å². The Morgan fingerprint density at radius 2 is 1.37 bits per heavy atom. The smallest absolute Gasteiger partial charge is 0.0791 e. The van der Waals surface area contributed by atoms with Crippen LogP contribution >= 0.6 is 38.6 Å². The first-order valence-corrected chi connectivity index (χ1v) is 13.5. The zero-order valence-electron chi connectivity index (χ0n) is 17.1. The number of nitrogens with zero attached hydrogens (tertiary/aromatic N) is 1. The van der Waals surface area contributed by atoms with Crippen molar-refractivity contribution in [3.63, 3.8) is 0 Å². The summed E-state index contributed by atoms with van der Waals surface area (Å²) >= 11 is 6.94. The second kappa shape index (κ2) is 19.1. The first kappa shape index (κ1) is 24.8. The minimum Gasteiger partial charge on any atom is -0.253 e. The number of hydrogen-bond acceptors (Lipinski definition) is 3. The van der Waals surface area contributed by atoms with E-state index in [1.165, 1.54) is 106 Å². The maximum absolute atomic E-state index is 3.74. The molecule has 0 aromatic carbocycles. The van der Waals surface area contributed by atoms with Crippen LogP contribution in [0.1, 0.15) is 102 Å². The minimum absolute atomic E-state index is 1.26. The van der Waals surface area contributed by atoms with Gasteiger partial charge in [0, 0.05) is 11.6 Å². The maximum atomic E-state index is 3.74. The summed E-state index contributed by atoms with van der Waals surface area (Å²) in [7, 11) is 0. The highest BCUT2D eigenvalue weighted by Crippen LogP contribution is 2.22. The molecule has 154 valence electrons. The normalized spacial score (nSPS) is 10.6. The van der Waals surface area contributed by atoms with Crippen LogP contribution in [0.25, 0.3) is 0 Å². The van der Waals surface area contributed by atoms with Gasteiger partial charge in [0.25, 0.3) is 0 Å². The molecule has 27 heavy (non-hydrogen) atoms. The lowest BCUT2D eigenvalue weighted by molar-refractivity contribution is 0.535. The van der Waals surface area contributed by atoms with E-state index in [1.807, 2.05) is 16.7 Å². The molecule has 2 rings (SSSR count). The number of aryl methyl sites for hydroxylation is 1. The molecule has 0 radical (unpaired) electrons. The molecular weight excluding hydrogens is 434 g/mol. The summed E-state index contributed by atoms with van der Waals surface area (Å²) in [6, 6.07) is 2.27. The third-order valence-electron chi connectivity index (χ3n) is 4.79. The van der Waals surface area contributed by atoms with Crippen LogP contribution in [0.2, 0.25) is 0 Å². The quantitative estimate of drug-likeness (QED) is 0.235. The molecule has 0 saturated carbocycles. The van der Waals surface area contributed by atoms with E-state index < -0.39 is 0 Å². The van der Waals surface area contributed by atoms with E-state index in [9.17, 15) is 0 Å². The summed E-state index contributed by atoms with van der Waals surface area (Å²) < 4.78 is 1.27. The van der Waals surface area contributed by atoms with Gasteiger partial charge in [0.15, 0.2) is 0 Å². The highest BCUT2D eigenvalue weighted by molar-refractivity contribution is 9.11. The Bertz CT molecular complexity index is 493. The third kappa shape index (κ3) is 16.5. The minimum atomic E-state index is 1.26. The summed E-state index contributed by atoms with van der Waals surface area (Å²) in [4.78, 5) is 3.74. The second-order valence-corrected chi connectivity index (χ2v) is 10.3. The number of thiophene rings is 1. The van der Waals surface area contributed by atoms with Crippen molar-refractivity contribution in [1.82, 2.24) is 4.98 Å². The predicted molar refractivity (Wildman–Crippen MR) is 128 cm³/mol. The molecule has 2 heterocycles. The van der Waals surface area contributed by atoms with Gasteiger partial charge in [-0.25, -0.2) is 0 Å². The average molecular weight is 473 g/mol. The Kier molecular flexibility index (Phi) is 17.6. The zero-order chi connectivity index (χ0) is 19.4. The van der Waals surface area contributed by atoms with Gasteiger partial charge in [-0.15, -0.1) is 22.7 Å². The zero-order valence-corrected chi connectivity index (χ0v) is 20.4. The van der Waals surface area contributed by atoms with Gasteiger partial charge in [-0.05, 0) is 45.8 Å². The van der Waals surface area contributed by atoms with Crippen molar-refractivity contribution in [2.75, 3.05) is 0 Å². The summed E-state index contributed by atoms with van der Waals surface area (Å²) in [5, 5.41) is 4.21. The molecule has 0 N–H and O–H groups in total. The van der Waals surface area contributed by atoms with E-state index in [4.69, 9.17) is 0 Å². The SMILES string of the molecule is CCCCCCCCCCCCCCCCc1csc(Br)c1.c1cscn1. The highest BCUT2D eigenvalue weighted by atomic mass is 79.9. The third-order valence-corrected chi connectivity index (χ3v) is 6.86. The summed E-state index contributed by atoms with van der Waals surface area (Å²) in [6.45, 7) is 2.29. The van der Waals surface area contributed by atoms with Crippen LogP contribution in [0.3, 0.4) is 0 Å². The lowest BCUT2D eigenvalue weighted by Gasteiger charge is -2.03. The number of hydrogen-bond donors (Lipinski definition) is 0. The molecular formula is C23H38BrNS2. The number of unbranched alkanes of at least 4 members (excludes halogenated alkanes) is 13. The van der Waals surface area contributed by atoms with E-state index >= 15 is 0 Å². The molecule has 0 atom stereocenters. The van der Waals surface area contributed by atoms with Crippen molar-refractivity contribution in [2.24, 2.45) is 0 Å². The molecule has 0 saturated heterocycles. The summed E-state index contributed by atoms with van der Waals surface area (Å²) in [5.74, 6) is 0. The van der Waals surface area contributed by atoms with Gasteiger partial charge < -0.3 is 0 Å². The Morgan fingerprint density at radius 1 is 0.815 bits per heavy atom. The Hall–Kier alpha value is -0.190. The first-order chi connectivity index (χ1) is 13.3. The van der Waals surface area contributed by atoms with Crippen molar-refractivity contribution >= 4 is 38.6 Å². The second-order valence-electron chi connectivity index (χ2n) is 7.28. The van der Waals surface area contributed by atoms with Crippen LogP contribution in [0.4, 0.5) is 0 Å². The molecule has 0 bridgehead atoms. The highest BCUT2D eigenvalue weighted by Gasteiger charge is 1.98. The molecule has 0 spiro atoms. The molecule has 0 aliphatic carbocycles. The first-order valence-electron chi connectivity index (χ1n) is 10.9. The number of rotatable bonds is 15. The standard InChI is InChI=1S/C20H35BrS.C3H3NS/c1-2-3-4-5-6-7-8-9-10-11-12-13-14-15-16-19-17-20(21)22-18-19;1-2-5-3-4-1/h17-18H,2-16H2,1H3;1-3H. The van der Waals surface area contributed by atoms with Crippen LogP contribution in [0.15, 0.2) is 32.3 Å². The van der Waals surface area contributed by atoms with Gasteiger partial charge in [0.1, 0.15) is 0 Å². The van der Waals surface area contributed by atoms with Gasteiger partial charge in [-0.2, -0.15) is 0 Å². The number of halogens is 1. The van der Waals surface area contributed by atoms with Gasteiger partial charge in [0.2, 0.25) is 0 Å². The van der Waals surface area contributed by atoms with Crippen molar-refractivity contribution in [3.05, 3.63) is 37.9 Å². The molecule has 1 nitrogen and oxygen atoms in total. The van der Waals surface area contributed by atoms with Crippen LogP contribution < -0.4 is 0 Å². The summed E-state index contributed by atoms with van der Waals surface area (Å²) in [6.07, 6.45) is 23.2.